The van der Waals surface area contributed by atoms with Gasteiger partial charge < -0.3 is 9.15 Å². The van der Waals surface area contributed by atoms with Gasteiger partial charge >= 0.3 is 0 Å². The van der Waals surface area contributed by atoms with Crippen molar-refractivity contribution in [3.63, 3.8) is 0 Å². The molecule has 0 aliphatic heterocycles. The van der Waals surface area contributed by atoms with Crippen molar-refractivity contribution >= 4 is 11.0 Å². The van der Waals surface area contributed by atoms with E-state index in [1.165, 1.54) is 0 Å². The Hall–Kier alpha value is -1.77. The third-order valence-corrected chi connectivity index (χ3v) is 3.25. The number of hydrogen-bond acceptors (Lipinski definition) is 3. The van der Waals surface area contributed by atoms with E-state index in [9.17, 15) is 4.79 Å². The highest BCUT2D eigenvalue weighted by Crippen LogP contribution is 2.22. The van der Waals surface area contributed by atoms with Gasteiger partial charge in [0.05, 0.1) is 12.5 Å². The number of methoxy groups -OCH3 is 1. The van der Waals surface area contributed by atoms with E-state index in [4.69, 9.17) is 9.15 Å². The van der Waals surface area contributed by atoms with Crippen LogP contribution in [0.25, 0.3) is 11.0 Å². The van der Waals surface area contributed by atoms with Crippen molar-refractivity contribution in [3.8, 4) is 5.75 Å². The second kappa shape index (κ2) is 5.91. The first-order chi connectivity index (χ1) is 9.21. The smallest absolute Gasteiger partial charge is 0.196 e. The molecule has 1 aromatic carbocycles. The highest BCUT2D eigenvalue weighted by Gasteiger charge is 2.13. The third-order valence-electron chi connectivity index (χ3n) is 3.25. The van der Waals surface area contributed by atoms with Gasteiger partial charge in [0.2, 0.25) is 0 Å². The molecule has 0 unspecified atom stereocenters. The summed E-state index contributed by atoms with van der Waals surface area (Å²) in [5.74, 6) is 1.53. The summed E-state index contributed by atoms with van der Waals surface area (Å²) in [6.45, 7) is 4.17. The molecule has 0 fully saturated rings. The van der Waals surface area contributed by atoms with Crippen LogP contribution in [0.5, 0.6) is 5.75 Å². The molecule has 0 bridgehead atoms. The lowest BCUT2D eigenvalue weighted by Crippen LogP contribution is -2.13. The van der Waals surface area contributed by atoms with Crippen LogP contribution >= 0.6 is 0 Å². The first kappa shape index (κ1) is 13.7. The summed E-state index contributed by atoms with van der Waals surface area (Å²) in [4.78, 5) is 12.6. The molecule has 19 heavy (non-hydrogen) atoms. The molecular weight excluding hydrogens is 240 g/mol. The summed E-state index contributed by atoms with van der Waals surface area (Å²) in [6.07, 6.45) is 3.50. The Kier molecular flexibility index (Phi) is 4.25. The summed E-state index contributed by atoms with van der Waals surface area (Å²) in [5.41, 5.74) is 1.56. The first-order valence-corrected chi connectivity index (χ1v) is 6.83. The fourth-order valence-corrected chi connectivity index (χ4v) is 2.32. The van der Waals surface area contributed by atoms with Gasteiger partial charge in [0.15, 0.2) is 5.43 Å². The van der Waals surface area contributed by atoms with Gasteiger partial charge in [-0.15, -0.1) is 0 Å². The minimum absolute atomic E-state index is 0.0884. The van der Waals surface area contributed by atoms with Crippen LogP contribution in [-0.2, 0) is 12.8 Å². The van der Waals surface area contributed by atoms with Crippen LogP contribution in [0.1, 0.15) is 38.0 Å². The number of benzene rings is 1. The van der Waals surface area contributed by atoms with E-state index < -0.39 is 0 Å². The largest absolute Gasteiger partial charge is 0.497 e. The van der Waals surface area contributed by atoms with E-state index in [1.54, 1.807) is 13.2 Å². The average molecular weight is 260 g/mol. The second-order valence-electron chi connectivity index (χ2n) is 4.70. The fourth-order valence-electron chi connectivity index (χ4n) is 2.32. The Balaban J connectivity index is 2.69. The Labute approximate surface area is 113 Å². The maximum Gasteiger partial charge on any atom is 0.196 e. The Bertz CT molecular complexity index is 626. The van der Waals surface area contributed by atoms with E-state index in [1.807, 2.05) is 12.1 Å². The lowest BCUT2D eigenvalue weighted by molar-refractivity contribution is 0.415. The highest BCUT2D eigenvalue weighted by molar-refractivity contribution is 5.79. The van der Waals surface area contributed by atoms with E-state index in [0.29, 0.717) is 16.7 Å². The molecule has 1 aromatic heterocycles. The monoisotopic (exact) mass is 260 g/mol. The van der Waals surface area contributed by atoms with Gasteiger partial charge in [-0.25, -0.2) is 0 Å². The molecule has 3 heteroatoms. The molecule has 0 saturated carbocycles. The predicted molar refractivity (Wildman–Crippen MR) is 77.0 cm³/mol. The van der Waals surface area contributed by atoms with Gasteiger partial charge in [-0.3, -0.25) is 4.79 Å². The van der Waals surface area contributed by atoms with Crippen molar-refractivity contribution in [1.29, 1.82) is 0 Å². The van der Waals surface area contributed by atoms with Crippen LogP contribution in [0.4, 0.5) is 0 Å². The Morgan fingerprint density at radius 3 is 2.53 bits per heavy atom. The molecule has 0 radical (unpaired) electrons. The van der Waals surface area contributed by atoms with Crippen molar-refractivity contribution < 1.29 is 9.15 Å². The highest BCUT2D eigenvalue weighted by atomic mass is 16.5. The standard InChI is InChI=1S/C16H20O3/c1-4-6-12-14(7-5-2)19-15-9-8-11(18-3)10-13(15)16(12)17/h8-10H,4-7H2,1-3H3. The summed E-state index contributed by atoms with van der Waals surface area (Å²) in [5, 5.41) is 0.614. The summed E-state index contributed by atoms with van der Waals surface area (Å²) < 4.78 is 11.1. The zero-order valence-electron chi connectivity index (χ0n) is 11.8. The van der Waals surface area contributed by atoms with Crippen molar-refractivity contribution in [3.05, 3.63) is 39.7 Å². The molecule has 1 heterocycles. The molecular formula is C16H20O3. The SMILES string of the molecule is CCCc1oc2ccc(OC)cc2c(=O)c1CCC. The quantitative estimate of drug-likeness (QED) is 0.822. The zero-order chi connectivity index (χ0) is 13.8. The number of rotatable bonds is 5. The molecule has 3 nitrogen and oxygen atoms in total. The van der Waals surface area contributed by atoms with Crippen LogP contribution < -0.4 is 10.2 Å². The minimum atomic E-state index is 0.0884. The van der Waals surface area contributed by atoms with Gasteiger partial charge in [0, 0.05) is 12.0 Å². The molecule has 0 aliphatic rings. The minimum Gasteiger partial charge on any atom is -0.497 e. The normalized spacial score (nSPS) is 10.9. The maximum absolute atomic E-state index is 12.6. The van der Waals surface area contributed by atoms with Crippen molar-refractivity contribution in [1.82, 2.24) is 0 Å². The molecule has 0 N–H and O–H groups in total. The van der Waals surface area contributed by atoms with E-state index >= 15 is 0 Å². The Morgan fingerprint density at radius 1 is 1.16 bits per heavy atom. The van der Waals surface area contributed by atoms with Crippen molar-refractivity contribution in [2.75, 3.05) is 7.11 Å². The first-order valence-electron chi connectivity index (χ1n) is 6.83. The molecule has 2 aromatic rings. The number of hydrogen-bond donors (Lipinski definition) is 0. The summed E-state index contributed by atoms with van der Waals surface area (Å²) in [6, 6.07) is 5.39. The summed E-state index contributed by atoms with van der Waals surface area (Å²) in [7, 11) is 1.60. The van der Waals surface area contributed by atoms with Gasteiger partial charge in [-0.2, -0.15) is 0 Å². The average Bonchev–Trinajstić information content (AvgIpc) is 2.43. The molecule has 2 rings (SSSR count). The van der Waals surface area contributed by atoms with E-state index in [2.05, 4.69) is 13.8 Å². The van der Waals surface area contributed by atoms with E-state index in [0.717, 1.165) is 37.0 Å². The fraction of sp³-hybridized carbons (Fsp3) is 0.438. The van der Waals surface area contributed by atoms with E-state index in [-0.39, 0.29) is 5.43 Å². The van der Waals surface area contributed by atoms with Gasteiger partial charge in [-0.1, -0.05) is 20.3 Å². The third kappa shape index (κ3) is 2.65. The molecule has 0 atom stereocenters. The lowest BCUT2D eigenvalue weighted by atomic mass is 10.0. The number of fused-ring (bicyclic) bond motifs is 1. The topological polar surface area (TPSA) is 39.4 Å². The molecule has 0 saturated heterocycles. The maximum atomic E-state index is 12.6. The van der Waals surface area contributed by atoms with Crippen LogP contribution in [-0.4, -0.2) is 7.11 Å². The number of aryl methyl sites for hydroxylation is 1. The molecule has 0 aliphatic carbocycles. The molecule has 0 spiro atoms. The molecule has 0 amide bonds. The Morgan fingerprint density at radius 2 is 1.89 bits per heavy atom. The van der Waals surface area contributed by atoms with Gasteiger partial charge in [0.25, 0.3) is 0 Å². The van der Waals surface area contributed by atoms with Crippen LogP contribution in [0.15, 0.2) is 27.4 Å². The van der Waals surface area contributed by atoms with Crippen molar-refractivity contribution in [2.24, 2.45) is 0 Å². The van der Waals surface area contributed by atoms with Crippen LogP contribution in [0, 0.1) is 0 Å². The van der Waals surface area contributed by atoms with Crippen molar-refractivity contribution in [2.45, 2.75) is 39.5 Å². The van der Waals surface area contributed by atoms with Gasteiger partial charge in [0.1, 0.15) is 17.1 Å². The second-order valence-corrected chi connectivity index (χ2v) is 4.70. The summed E-state index contributed by atoms with van der Waals surface area (Å²) >= 11 is 0. The zero-order valence-corrected chi connectivity index (χ0v) is 11.8. The number of ether oxygens (including phenoxy) is 1. The lowest BCUT2D eigenvalue weighted by Gasteiger charge is -2.09. The van der Waals surface area contributed by atoms with Crippen LogP contribution in [0.2, 0.25) is 0 Å². The molecule has 102 valence electrons. The van der Waals surface area contributed by atoms with Gasteiger partial charge in [-0.05, 0) is 31.0 Å². The predicted octanol–water partition coefficient (Wildman–Crippen LogP) is 3.71. The van der Waals surface area contributed by atoms with Crippen LogP contribution in [0.3, 0.4) is 0 Å².